The van der Waals surface area contributed by atoms with Gasteiger partial charge in [-0.2, -0.15) is 26.3 Å². The summed E-state index contributed by atoms with van der Waals surface area (Å²) in [5.41, 5.74) is -2.43. The fourth-order valence-corrected chi connectivity index (χ4v) is 5.86. The molecule has 2 aliphatic heterocycles. The van der Waals surface area contributed by atoms with Crippen LogP contribution in [0.4, 0.5) is 31.1 Å². The summed E-state index contributed by atoms with van der Waals surface area (Å²) in [5.74, 6) is 0.148. The van der Waals surface area contributed by atoms with Crippen LogP contribution in [0.15, 0.2) is 28.8 Å². The number of thioether (sulfide) groups is 1. The number of hydrogen-bond donors (Lipinski definition) is 0. The molecule has 5 nitrogen and oxygen atoms in total. The van der Waals surface area contributed by atoms with Crippen molar-refractivity contribution in [1.29, 1.82) is 0 Å². The third-order valence-electron chi connectivity index (χ3n) is 6.12. The average molecular weight is 539 g/mol. The summed E-state index contributed by atoms with van der Waals surface area (Å²) < 4.78 is 85.6. The van der Waals surface area contributed by atoms with E-state index in [1.54, 1.807) is 18.7 Å². The molecule has 2 unspecified atom stereocenters. The number of alkyl halides is 6. The number of carbonyl (C=O) groups excluding carboxylic acids is 2. The van der Waals surface area contributed by atoms with Crippen LogP contribution in [0.2, 0.25) is 0 Å². The Balaban J connectivity index is 2.03. The summed E-state index contributed by atoms with van der Waals surface area (Å²) in [4.78, 5) is 29.2. The zero-order valence-corrected chi connectivity index (χ0v) is 21.1. The number of nitrogens with zero attached hydrogens (tertiary/aromatic N) is 2. The Morgan fingerprint density at radius 3 is 2.17 bits per heavy atom. The van der Waals surface area contributed by atoms with E-state index in [2.05, 4.69) is 0 Å². The Kier molecular flexibility index (Phi) is 8.26. The largest absolute Gasteiger partial charge is 0.446 e. The lowest BCUT2D eigenvalue weighted by molar-refractivity contribution is -0.143. The van der Waals surface area contributed by atoms with Crippen molar-refractivity contribution in [3.8, 4) is 0 Å². The molecule has 0 saturated carbocycles. The van der Waals surface area contributed by atoms with Crippen LogP contribution in [0.5, 0.6) is 0 Å². The van der Waals surface area contributed by atoms with Crippen LogP contribution in [0.3, 0.4) is 0 Å². The highest BCUT2D eigenvalue weighted by molar-refractivity contribution is 8.03. The molecule has 1 aromatic rings. The van der Waals surface area contributed by atoms with Gasteiger partial charge in [0.2, 0.25) is 5.91 Å². The van der Waals surface area contributed by atoms with Crippen molar-refractivity contribution < 1.29 is 40.7 Å². The number of halogens is 6. The summed E-state index contributed by atoms with van der Waals surface area (Å²) in [6.07, 6.45) is -9.46. The summed E-state index contributed by atoms with van der Waals surface area (Å²) in [5, 5.41) is 0. The van der Waals surface area contributed by atoms with E-state index < -0.39 is 48.1 Å². The van der Waals surface area contributed by atoms with E-state index in [9.17, 15) is 35.9 Å². The predicted molar refractivity (Wildman–Crippen MR) is 123 cm³/mol. The number of amides is 2. The topological polar surface area (TPSA) is 49.9 Å². The molecule has 0 saturated heterocycles. The minimum atomic E-state index is -4.98. The minimum absolute atomic E-state index is 0.0704. The monoisotopic (exact) mass is 538 g/mol. The van der Waals surface area contributed by atoms with Crippen molar-refractivity contribution >= 4 is 23.8 Å². The smallest absolute Gasteiger partial charge is 0.416 e. The van der Waals surface area contributed by atoms with Crippen molar-refractivity contribution in [3.05, 3.63) is 45.5 Å². The highest BCUT2D eigenvalue weighted by atomic mass is 32.2. The molecule has 3 rings (SSSR count). The van der Waals surface area contributed by atoms with Gasteiger partial charge in [-0.05, 0) is 56.9 Å². The van der Waals surface area contributed by atoms with Gasteiger partial charge in [0.25, 0.3) is 0 Å². The lowest BCUT2D eigenvalue weighted by Crippen LogP contribution is -2.51. The van der Waals surface area contributed by atoms with E-state index in [0.717, 1.165) is 4.91 Å². The van der Waals surface area contributed by atoms with Crippen LogP contribution in [0.1, 0.15) is 63.6 Å². The summed E-state index contributed by atoms with van der Waals surface area (Å²) in [6.45, 7) is 6.12. The number of hydrogen-bond acceptors (Lipinski definition) is 4. The van der Waals surface area contributed by atoms with Crippen molar-refractivity contribution in [2.45, 2.75) is 84.0 Å². The summed E-state index contributed by atoms with van der Waals surface area (Å²) >= 11 is 1.43. The molecule has 0 spiro atoms. The molecule has 0 fully saturated rings. The van der Waals surface area contributed by atoms with Gasteiger partial charge in [0.1, 0.15) is 0 Å². The Morgan fingerprint density at radius 2 is 1.69 bits per heavy atom. The maximum absolute atomic E-state index is 13.4. The van der Waals surface area contributed by atoms with Gasteiger partial charge in [-0.1, -0.05) is 6.92 Å². The zero-order chi connectivity index (χ0) is 27.0. The van der Waals surface area contributed by atoms with Gasteiger partial charge in [-0.25, -0.2) is 4.79 Å². The first-order chi connectivity index (χ1) is 16.6. The molecular formula is C24H28F6N2O3S. The van der Waals surface area contributed by atoms with Crippen LogP contribution in [-0.4, -0.2) is 45.7 Å². The van der Waals surface area contributed by atoms with Crippen molar-refractivity contribution in [1.82, 2.24) is 9.80 Å². The number of carbonyl (C=O) groups is 2. The van der Waals surface area contributed by atoms with Gasteiger partial charge in [-0.3, -0.25) is 9.69 Å². The first-order valence-electron chi connectivity index (χ1n) is 11.5. The number of rotatable bonds is 5. The minimum Gasteiger partial charge on any atom is -0.446 e. The van der Waals surface area contributed by atoms with Gasteiger partial charge in [-0.15, -0.1) is 11.8 Å². The van der Waals surface area contributed by atoms with Gasteiger partial charge in [0.05, 0.1) is 23.3 Å². The Labute approximate surface area is 209 Å². The highest BCUT2D eigenvalue weighted by Gasteiger charge is 2.43. The van der Waals surface area contributed by atoms with Gasteiger partial charge < -0.3 is 9.64 Å². The van der Waals surface area contributed by atoms with E-state index in [1.165, 1.54) is 23.6 Å². The van der Waals surface area contributed by atoms with Crippen LogP contribution in [0.25, 0.3) is 0 Å². The molecule has 200 valence electrons. The number of allylic oxidation sites excluding steroid dienone is 1. The molecule has 36 heavy (non-hydrogen) atoms. The molecule has 2 amide bonds. The van der Waals surface area contributed by atoms with E-state index >= 15 is 0 Å². The standard InChI is InChI=1S/C24H28F6N2O3S/c1-5-18-11-20(21-19(6-7-36-21)32(18)22(34)35-13(2)3)31(14(4)33)12-15-8-16(23(25,26)27)10-17(9-15)24(28,29)30/h8-10,13,18,20H,5-7,11-12H2,1-4H3. The molecule has 0 bridgehead atoms. The second-order valence-corrected chi connectivity index (χ2v) is 10.2. The molecule has 0 radical (unpaired) electrons. The molecule has 2 aliphatic rings. The maximum atomic E-state index is 13.4. The predicted octanol–water partition coefficient (Wildman–Crippen LogP) is 6.82. The van der Waals surface area contributed by atoms with E-state index in [0.29, 0.717) is 42.8 Å². The average Bonchev–Trinajstić information content (AvgIpc) is 3.24. The molecule has 0 aromatic heterocycles. The SMILES string of the molecule is CCC1CC(N(Cc2cc(C(F)(F)F)cc(C(F)(F)F)c2)C(C)=O)C2=C(CCS2)N1C(=O)OC(C)C. The van der Waals surface area contributed by atoms with Crippen LogP contribution in [-0.2, 0) is 28.4 Å². The highest BCUT2D eigenvalue weighted by Crippen LogP contribution is 2.45. The fraction of sp³-hybridized carbons (Fsp3) is 0.583. The lowest BCUT2D eigenvalue weighted by atomic mass is 9.94. The molecular weight excluding hydrogens is 510 g/mol. The second kappa shape index (κ2) is 10.5. The Hall–Kier alpha value is -2.37. The molecule has 0 aliphatic carbocycles. The van der Waals surface area contributed by atoms with Crippen molar-refractivity contribution in [3.63, 3.8) is 0 Å². The Bertz CT molecular complexity index is 1010. The molecule has 2 atom stereocenters. The van der Waals surface area contributed by atoms with Crippen LogP contribution < -0.4 is 0 Å². The number of ether oxygens (including phenoxy) is 1. The quantitative estimate of drug-likeness (QED) is 0.386. The van der Waals surface area contributed by atoms with Crippen molar-refractivity contribution in [2.24, 2.45) is 0 Å². The van der Waals surface area contributed by atoms with Gasteiger partial charge in [0.15, 0.2) is 0 Å². The third kappa shape index (κ3) is 6.12. The zero-order valence-electron chi connectivity index (χ0n) is 20.3. The summed E-state index contributed by atoms with van der Waals surface area (Å²) in [6, 6.07) is 0.444. The second-order valence-electron chi connectivity index (χ2n) is 9.09. The van der Waals surface area contributed by atoms with Gasteiger partial charge in [0, 0.05) is 35.9 Å². The first-order valence-corrected chi connectivity index (χ1v) is 12.5. The lowest BCUT2D eigenvalue weighted by Gasteiger charge is -2.43. The van der Waals surface area contributed by atoms with E-state index in [-0.39, 0.29) is 23.8 Å². The normalized spacial score (nSPS) is 20.6. The molecule has 0 N–H and O–H groups in total. The summed E-state index contributed by atoms with van der Waals surface area (Å²) in [7, 11) is 0. The van der Waals surface area contributed by atoms with Crippen LogP contribution in [0, 0.1) is 0 Å². The first kappa shape index (κ1) is 28.2. The van der Waals surface area contributed by atoms with E-state index in [4.69, 9.17) is 4.74 Å². The van der Waals surface area contributed by atoms with E-state index in [1.807, 2.05) is 6.92 Å². The molecule has 2 heterocycles. The maximum Gasteiger partial charge on any atom is 0.416 e. The van der Waals surface area contributed by atoms with Crippen LogP contribution >= 0.6 is 11.8 Å². The third-order valence-corrected chi connectivity index (χ3v) is 7.35. The Morgan fingerprint density at radius 1 is 1.11 bits per heavy atom. The fourth-order valence-electron chi connectivity index (χ4n) is 4.57. The molecule has 12 heteroatoms. The molecule has 1 aromatic carbocycles. The van der Waals surface area contributed by atoms with Crippen molar-refractivity contribution in [2.75, 3.05) is 5.75 Å². The number of benzene rings is 1. The van der Waals surface area contributed by atoms with Gasteiger partial charge >= 0.3 is 18.4 Å².